The van der Waals surface area contributed by atoms with Gasteiger partial charge in [0.05, 0.1) is 4.92 Å². The first-order valence-electron chi connectivity index (χ1n) is 9.02. The molecule has 1 heterocycles. The van der Waals surface area contributed by atoms with Crippen molar-refractivity contribution in [1.29, 1.82) is 0 Å². The van der Waals surface area contributed by atoms with Crippen molar-refractivity contribution >= 4 is 23.3 Å². The monoisotopic (exact) mass is 409 g/mol. The molecule has 154 valence electrons. The van der Waals surface area contributed by atoms with Crippen LogP contribution >= 0.6 is 0 Å². The van der Waals surface area contributed by atoms with Gasteiger partial charge in [-0.3, -0.25) is 14.9 Å². The average Bonchev–Trinajstić information content (AvgIpc) is 3.10. The fraction of sp³-hybridized carbons (Fsp3) is 0.190. The third-order valence-electron chi connectivity index (χ3n) is 4.53. The van der Waals surface area contributed by atoms with E-state index in [0.717, 1.165) is 11.1 Å². The Morgan fingerprint density at radius 3 is 2.47 bits per heavy atom. The summed E-state index contributed by atoms with van der Waals surface area (Å²) in [6, 6.07) is 11.8. The molecule has 0 unspecified atom stereocenters. The van der Waals surface area contributed by atoms with Crippen LogP contribution in [0.2, 0.25) is 0 Å². The number of anilines is 1. The van der Waals surface area contributed by atoms with E-state index in [-0.39, 0.29) is 22.7 Å². The molecule has 0 saturated heterocycles. The van der Waals surface area contributed by atoms with Crippen LogP contribution in [0.5, 0.6) is 0 Å². The van der Waals surface area contributed by atoms with Crippen molar-refractivity contribution in [2.75, 3.05) is 11.9 Å². The molecule has 3 aromatic rings. The molecule has 9 nitrogen and oxygen atoms in total. The predicted molar refractivity (Wildman–Crippen MR) is 108 cm³/mol. The summed E-state index contributed by atoms with van der Waals surface area (Å²) in [5.41, 5.74) is 2.39. The first-order valence-corrected chi connectivity index (χ1v) is 9.02. The van der Waals surface area contributed by atoms with E-state index in [1.807, 2.05) is 6.07 Å². The van der Waals surface area contributed by atoms with E-state index in [0.29, 0.717) is 11.3 Å². The number of esters is 1. The van der Waals surface area contributed by atoms with Gasteiger partial charge in [0, 0.05) is 11.6 Å². The Morgan fingerprint density at radius 1 is 1.13 bits per heavy atom. The summed E-state index contributed by atoms with van der Waals surface area (Å²) in [5, 5.41) is 17.6. The Bertz CT molecular complexity index is 1120. The summed E-state index contributed by atoms with van der Waals surface area (Å²) >= 11 is 0. The number of amides is 1. The van der Waals surface area contributed by atoms with Gasteiger partial charge >= 0.3 is 5.97 Å². The maximum Gasteiger partial charge on any atom is 0.344 e. The lowest BCUT2D eigenvalue weighted by atomic mass is 10.1. The Kier molecular flexibility index (Phi) is 5.91. The first-order chi connectivity index (χ1) is 14.3. The van der Waals surface area contributed by atoms with Crippen molar-refractivity contribution in [2.24, 2.45) is 0 Å². The Labute approximate surface area is 171 Å². The Morgan fingerprint density at radius 2 is 1.80 bits per heavy atom. The summed E-state index contributed by atoms with van der Waals surface area (Å²) in [6.07, 6.45) is 0. The minimum absolute atomic E-state index is 0.0373. The minimum Gasteiger partial charge on any atom is -0.452 e. The molecule has 2 aromatic carbocycles. The maximum atomic E-state index is 12.5. The van der Waals surface area contributed by atoms with Crippen LogP contribution in [0, 0.1) is 30.9 Å². The fourth-order valence-corrected chi connectivity index (χ4v) is 2.85. The molecule has 9 heteroatoms. The normalized spacial score (nSPS) is 10.5. The molecule has 1 aromatic heterocycles. The molecule has 0 aliphatic rings. The highest BCUT2D eigenvalue weighted by Crippen LogP contribution is 2.28. The van der Waals surface area contributed by atoms with Crippen LogP contribution in [0.1, 0.15) is 27.2 Å². The van der Waals surface area contributed by atoms with Gasteiger partial charge in [0.2, 0.25) is 0 Å². The second-order valence-electron chi connectivity index (χ2n) is 6.66. The molecule has 0 spiro atoms. The number of hydrogen-bond acceptors (Lipinski definition) is 7. The topological polar surface area (TPSA) is 125 Å². The van der Waals surface area contributed by atoms with Crippen molar-refractivity contribution in [1.82, 2.24) is 5.16 Å². The van der Waals surface area contributed by atoms with Crippen LogP contribution in [0.15, 0.2) is 47.0 Å². The lowest BCUT2D eigenvalue weighted by Gasteiger charge is -2.09. The van der Waals surface area contributed by atoms with E-state index in [9.17, 15) is 19.7 Å². The lowest BCUT2D eigenvalue weighted by molar-refractivity contribution is -0.384. The largest absolute Gasteiger partial charge is 0.452 e. The number of nitro benzene ring substituents is 1. The van der Waals surface area contributed by atoms with E-state index in [1.54, 1.807) is 45.0 Å². The lowest BCUT2D eigenvalue weighted by Crippen LogP contribution is -2.22. The zero-order chi connectivity index (χ0) is 21.8. The summed E-state index contributed by atoms with van der Waals surface area (Å²) in [4.78, 5) is 35.5. The second-order valence-corrected chi connectivity index (χ2v) is 6.66. The smallest absolute Gasteiger partial charge is 0.344 e. The van der Waals surface area contributed by atoms with E-state index >= 15 is 0 Å². The van der Waals surface area contributed by atoms with Crippen LogP contribution in [0.25, 0.3) is 11.3 Å². The van der Waals surface area contributed by atoms with Crippen molar-refractivity contribution < 1.29 is 23.8 Å². The molecule has 0 radical (unpaired) electrons. The third kappa shape index (κ3) is 4.35. The Hall–Kier alpha value is -4.01. The molecule has 1 amide bonds. The molecule has 0 bridgehead atoms. The number of benzene rings is 2. The van der Waals surface area contributed by atoms with Crippen LogP contribution in [0.4, 0.5) is 11.4 Å². The molecule has 1 N–H and O–H groups in total. The first kappa shape index (κ1) is 20.7. The number of nitrogens with one attached hydrogen (secondary N) is 1. The molecule has 0 fully saturated rings. The quantitative estimate of drug-likeness (QED) is 0.371. The number of carbonyl (C=O) groups is 2. The molecular formula is C21H19N3O6. The van der Waals surface area contributed by atoms with Gasteiger partial charge in [-0.2, -0.15) is 0 Å². The number of aromatic nitrogens is 1. The van der Waals surface area contributed by atoms with Crippen LogP contribution in [-0.2, 0) is 9.53 Å². The number of ether oxygens (including phenoxy) is 1. The van der Waals surface area contributed by atoms with Gasteiger partial charge in [0.15, 0.2) is 6.61 Å². The number of nitro groups is 1. The summed E-state index contributed by atoms with van der Waals surface area (Å²) in [5.74, 6) is -1.23. The number of carbonyl (C=O) groups excluding carboxylic acids is 2. The molecule has 30 heavy (non-hydrogen) atoms. The van der Waals surface area contributed by atoms with Gasteiger partial charge in [0.1, 0.15) is 22.7 Å². The molecular weight excluding hydrogens is 390 g/mol. The van der Waals surface area contributed by atoms with Crippen molar-refractivity contribution in [2.45, 2.75) is 20.8 Å². The SMILES string of the molecule is Cc1cc(NC(=O)COC(=O)c2c(-c3ccccc3)noc2C)c([N+](=O)[O-])cc1C. The number of aryl methyl sites for hydroxylation is 3. The highest BCUT2D eigenvalue weighted by atomic mass is 16.6. The van der Waals surface area contributed by atoms with Gasteiger partial charge < -0.3 is 14.6 Å². The van der Waals surface area contributed by atoms with Gasteiger partial charge in [-0.25, -0.2) is 4.79 Å². The molecule has 0 atom stereocenters. The zero-order valence-corrected chi connectivity index (χ0v) is 16.6. The summed E-state index contributed by atoms with van der Waals surface area (Å²) in [7, 11) is 0. The minimum atomic E-state index is -0.780. The maximum absolute atomic E-state index is 12.5. The standard InChI is InChI=1S/C21H19N3O6/c1-12-9-16(17(24(27)28)10-13(12)2)22-18(25)11-29-21(26)19-14(3)30-23-20(19)15-7-5-4-6-8-15/h4-10H,11H2,1-3H3,(H,22,25). The molecule has 0 aliphatic carbocycles. The molecule has 0 aliphatic heterocycles. The van der Waals surface area contributed by atoms with Crippen molar-refractivity contribution in [3.05, 3.63) is 75.0 Å². The highest BCUT2D eigenvalue weighted by Gasteiger charge is 2.24. The van der Waals surface area contributed by atoms with E-state index in [1.165, 1.54) is 12.1 Å². The van der Waals surface area contributed by atoms with Crippen LogP contribution in [0.3, 0.4) is 0 Å². The fourth-order valence-electron chi connectivity index (χ4n) is 2.85. The van der Waals surface area contributed by atoms with Gasteiger partial charge in [-0.15, -0.1) is 0 Å². The molecule has 3 rings (SSSR count). The zero-order valence-electron chi connectivity index (χ0n) is 16.6. The number of rotatable bonds is 6. The summed E-state index contributed by atoms with van der Waals surface area (Å²) < 4.78 is 10.2. The van der Waals surface area contributed by atoms with Gasteiger partial charge in [-0.05, 0) is 38.0 Å². The van der Waals surface area contributed by atoms with Gasteiger partial charge in [0.25, 0.3) is 11.6 Å². The summed E-state index contributed by atoms with van der Waals surface area (Å²) in [6.45, 7) is 4.45. The van der Waals surface area contributed by atoms with Crippen LogP contribution in [-0.4, -0.2) is 28.6 Å². The van der Waals surface area contributed by atoms with E-state index < -0.39 is 23.4 Å². The third-order valence-corrected chi connectivity index (χ3v) is 4.53. The number of hydrogen-bond donors (Lipinski definition) is 1. The van der Waals surface area contributed by atoms with Crippen molar-refractivity contribution in [3.8, 4) is 11.3 Å². The second kappa shape index (κ2) is 8.56. The molecule has 0 saturated carbocycles. The highest BCUT2D eigenvalue weighted by molar-refractivity contribution is 6.00. The van der Waals surface area contributed by atoms with Crippen LogP contribution < -0.4 is 5.32 Å². The predicted octanol–water partition coefficient (Wildman–Crippen LogP) is 3.97. The van der Waals surface area contributed by atoms with Gasteiger partial charge in [-0.1, -0.05) is 35.5 Å². The Balaban J connectivity index is 1.73. The van der Waals surface area contributed by atoms with E-state index in [2.05, 4.69) is 10.5 Å². The average molecular weight is 409 g/mol. The van der Waals surface area contributed by atoms with E-state index in [4.69, 9.17) is 9.26 Å². The van der Waals surface area contributed by atoms with Crippen molar-refractivity contribution in [3.63, 3.8) is 0 Å². The number of nitrogens with zero attached hydrogens (tertiary/aromatic N) is 2.